The number of benzene rings is 6. The Morgan fingerprint density at radius 3 is 1.29 bits per heavy atom. The van der Waals surface area contributed by atoms with E-state index in [1.54, 1.807) is 0 Å². The highest BCUT2D eigenvalue weighted by atomic mass is 14.4. The van der Waals surface area contributed by atoms with Gasteiger partial charge in [0.2, 0.25) is 0 Å². The minimum absolute atomic E-state index is 0.106. The molecule has 0 atom stereocenters. The van der Waals surface area contributed by atoms with E-state index in [-0.39, 0.29) is 16.7 Å². The third kappa shape index (κ3) is 5.38. The van der Waals surface area contributed by atoms with Crippen molar-refractivity contribution in [1.29, 1.82) is 0 Å². The highest BCUT2D eigenvalue weighted by molar-refractivity contribution is 5.96. The standard InChI is InChI=1S/C49H43/c1-48(2,3)34-27-23-32(24-28-34)46-40-19-11-7-15-36(40)44(37-16-8-12-20-41(37)46)31-45-38-17-9-13-21-42(38)47(43-22-14-10-18-39(43)45)33-25-29-35(30-26-33)49(4,5)6/h7-30,46H,1-6H3/q+1. The second-order valence-corrected chi connectivity index (χ2v) is 15.6. The van der Waals surface area contributed by atoms with Gasteiger partial charge in [-0.3, -0.25) is 0 Å². The van der Waals surface area contributed by atoms with Crippen LogP contribution < -0.4 is 0 Å². The Morgan fingerprint density at radius 1 is 0.429 bits per heavy atom. The van der Waals surface area contributed by atoms with Crippen molar-refractivity contribution >= 4 is 11.1 Å². The highest BCUT2D eigenvalue weighted by Crippen LogP contribution is 2.49. The minimum atomic E-state index is 0.106. The van der Waals surface area contributed by atoms with E-state index in [0.717, 1.165) is 11.1 Å². The van der Waals surface area contributed by atoms with E-state index in [9.17, 15) is 0 Å². The fourth-order valence-electron chi connectivity index (χ4n) is 7.77. The van der Waals surface area contributed by atoms with Gasteiger partial charge in [0, 0.05) is 22.6 Å². The molecule has 2 aliphatic rings. The van der Waals surface area contributed by atoms with E-state index >= 15 is 0 Å². The first kappa shape index (κ1) is 31.0. The zero-order valence-electron chi connectivity index (χ0n) is 29.4. The summed E-state index contributed by atoms with van der Waals surface area (Å²) in [5.41, 5.74) is 22.0. The van der Waals surface area contributed by atoms with Crippen molar-refractivity contribution in [2.75, 3.05) is 0 Å². The van der Waals surface area contributed by atoms with Crippen LogP contribution in [0.4, 0.5) is 0 Å². The largest absolute Gasteiger partial charge is 0.0901 e. The SMILES string of the molecule is CC(C)(C)c1ccc([C+]2c3ccccc3C(=C=C3c4ccccc4C(c4ccc(C(C)(C)C)cc4)c4ccccc43)c3ccccc32)cc1. The van der Waals surface area contributed by atoms with Crippen LogP contribution in [0.15, 0.2) is 151 Å². The van der Waals surface area contributed by atoms with Gasteiger partial charge in [-0.2, -0.15) is 0 Å². The van der Waals surface area contributed by atoms with Gasteiger partial charge in [0.1, 0.15) is 0 Å². The molecule has 0 aliphatic heterocycles. The predicted octanol–water partition coefficient (Wildman–Crippen LogP) is 12.3. The van der Waals surface area contributed by atoms with Crippen LogP contribution in [0.3, 0.4) is 0 Å². The van der Waals surface area contributed by atoms with Gasteiger partial charge >= 0.3 is 0 Å². The Labute approximate surface area is 292 Å². The van der Waals surface area contributed by atoms with Crippen molar-refractivity contribution in [3.63, 3.8) is 0 Å². The van der Waals surface area contributed by atoms with Crippen molar-refractivity contribution < 1.29 is 0 Å². The lowest BCUT2D eigenvalue weighted by Crippen LogP contribution is -2.17. The van der Waals surface area contributed by atoms with Gasteiger partial charge < -0.3 is 0 Å². The van der Waals surface area contributed by atoms with Gasteiger partial charge in [0.25, 0.3) is 0 Å². The van der Waals surface area contributed by atoms with E-state index in [1.165, 1.54) is 72.7 Å². The predicted molar refractivity (Wildman–Crippen MR) is 206 cm³/mol. The third-order valence-corrected chi connectivity index (χ3v) is 10.4. The summed E-state index contributed by atoms with van der Waals surface area (Å²) >= 11 is 0. The Morgan fingerprint density at radius 2 is 0.816 bits per heavy atom. The van der Waals surface area contributed by atoms with Crippen LogP contribution in [0.25, 0.3) is 11.1 Å². The van der Waals surface area contributed by atoms with Crippen molar-refractivity contribution in [3.8, 4) is 0 Å². The second kappa shape index (κ2) is 11.7. The van der Waals surface area contributed by atoms with Crippen molar-refractivity contribution in [3.05, 3.63) is 224 Å². The summed E-state index contributed by atoms with van der Waals surface area (Å²) in [5.74, 6) is 1.43. The summed E-state index contributed by atoms with van der Waals surface area (Å²) in [5, 5.41) is 0. The van der Waals surface area contributed by atoms with Gasteiger partial charge in [0.05, 0.1) is 28.2 Å². The molecule has 6 aromatic carbocycles. The molecule has 0 N–H and O–H groups in total. The first-order valence-electron chi connectivity index (χ1n) is 17.6. The van der Waals surface area contributed by atoms with Crippen molar-refractivity contribution in [2.24, 2.45) is 0 Å². The first-order valence-corrected chi connectivity index (χ1v) is 17.6. The number of rotatable bonds is 2. The normalized spacial score (nSPS) is 15.1. The van der Waals surface area contributed by atoms with Crippen LogP contribution in [0.2, 0.25) is 0 Å². The number of fused-ring (bicyclic) bond motifs is 4. The molecule has 8 rings (SSSR count). The lowest BCUT2D eigenvalue weighted by Gasteiger charge is -2.31. The van der Waals surface area contributed by atoms with E-state index in [0.29, 0.717) is 0 Å². The molecule has 238 valence electrons. The summed E-state index contributed by atoms with van der Waals surface area (Å²) in [6.07, 6.45) is 0. The van der Waals surface area contributed by atoms with Crippen LogP contribution in [0.5, 0.6) is 0 Å². The van der Waals surface area contributed by atoms with Crippen LogP contribution in [-0.4, -0.2) is 0 Å². The molecule has 49 heavy (non-hydrogen) atoms. The summed E-state index contributed by atoms with van der Waals surface area (Å²) in [6, 6.07) is 54.2. The zero-order valence-corrected chi connectivity index (χ0v) is 29.4. The monoisotopic (exact) mass is 631 g/mol. The third-order valence-electron chi connectivity index (χ3n) is 10.4. The van der Waals surface area contributed by atoms with E-state index < -0.39 is 0 Å². The average molecular weight is 632 g/mol. The Bertz CT molecular complexity index is 2000. The topological polar surface area (TPSA) is 0 Å². The molecule has 0 saturated carbocycles. The molecule has 0 unspecified atom stereocenters. The molecular formula is C49H43+. The summed E-state index contributed by atoms with van der Waals surface area (Å²) in [6.45, 7) is 13.7. The average Bonchev–Trinajstić information content (AvgIpc) is 3.11. The molecule has 0 aromatic heterocycles. The molecule has 0 nitrogen and oxygen atoms in total. The molecule has 0 fully saturated rings. The van der Waals surface area contributed by atoms with Crippen molar-refractivity contribution in [1.82, 2.24) is 0 Å². The molecule has 0 saturated heterocycles. The highest BCUT2D eigenvalue weighted by Gasteiger charge is 2.36. The van der Waals surface area contributed by atoms with Gasteiger partial charge in [-0.15, -0.1) is 0 Å². The van der Waals surface area contributed by atoms with Crippen molar-refractivity contribution in [2.45, 2.75) is 58.3 Å². The molecule has 2 aliphatic carbocycles. The molecule has 0 bridgehead atoms. The van der Waals surface area contributed by atoms with Gasteiger partial charge in [-0.1, -0.05) is 132 Å². The lowest BCUT2D eigenvalue weighted by atomic mass is 9.70. The summed E-state index contributed by atoms with van der Waals surface area (Å²) in [7, 11) is 0. The quantitative estimate of drug-likeness (QED) is 0.132. The van der Waals surface area contributed by atoms with E-state index in [2.05, 4.69) is 193 Å². The zero-order chi connectivity index (χ0) is 33.9. The fraction of sp³-hybridized carbons (Fsp3) is 0.184. The second-order valence-electron chi connectivity index (χ2n) is 15.6. The number of hydrogen-bond acceptors (Lipinski definition) is 0. The first-order chi connectivity index (χ1) is 23.6. The molecule has 6 aromatic rings. The van der Waals surface area contributed by atoms with Crippen LogP contribution in [0.1, 0.15) is 114 Å². The molecule has 0 spiro atoms. The molecular weight excluding hydrogens is 589 g/mol. The molecule has 0 heteroatoms. The summed E-state index contributed by atoms with van der Waals surface area (Å²) in [4.78, 5) is 0. The fourth-order valence-corrected chi connectivity index (χ4v) is 7.77. The lowest BCUT2D eigenvalue weighted by molar-refractivity contribution is 0.589. The van der Waals surface area contributed by atoms with Gasteiger partial charge in [-0.25, -0.2) is 0 Å². The maximum Gasteiger partial charge on any atom is 0.0808 e. The minimum Gasteiger partial charge on any atom is -0.0901 e. The Hall–Kier alpha value is -5.29. The molecule has 0 amide bonds. The summed E-state index contributed by atoms with van der Waals surface area (Å²) < 4.78 is 0. The number of hydrogen-bond donors (Lipinski definition) is 0. The van der Waals surface area contributed by atoms with Crippen LogP contribution >= 0.6 is 0 Å². The maximum absolute atomic E-state index is 4.10. The van der Waals surface area contributed by atoms with E-state index in [1.807, 2.05) is 0 Å². The van der Waals surface area contributed by atoms with Gasteiger partial charge in [0.15, 0.2) is 0 Å². The van der Waals surface area contributed by atoms with Crippen LogP contribution in [0, 0.1) is 5.92 Å². The smallest absolute Gasteiger partial charge is 0.0808 e. The van der Waals surface area contributed by atoms with E-state index in [4.69, 9.17) is 0 Å². The van der Waals surface area contributed by atoms with Crippen LogP contribution in [-0.2, 0) is 10.8 Å². The Balaban J connectivity index is 1.35. The van der Waals surface area contributed by atoms with Gasteiger partial charge in [-0.05, 0) is 110 Å². The molecule has 0 heterocycles. The molecule has 0 radical (unpaired) electrons. The maximum atomic E-state index is 4.10. The Kier molecular flexibility index (Phi) is 7.40.